The molecule has 10 heteroatoms. The lowest BCUT2D eigenvalue weighted by Gasteiger charge is -2.26. The van der Waals surface area contributed by atoms with Crippen LogP contribution in [0.3, 0.4) is 0 Å². The summed E-state index contributed by atoms with van der Waals surface area (Å²) in [5, 5.41) is 6.31. The van der Waals surface area contributed by atoms with Crippen LogP contribution in [0.1, 0.15) is 30.0 Å². The number of aromatic nitrogens is 5. The summed E-state index contributed by atoms with van der Waals surface area (Å²) in [6, 6.07) is 9.16. The van der Waals surface area contributed by atoms with E-state index in [0.29, 0.717) is 22.4 Å². The molecule has 1 aliphatic rings. The molecule has 3 aromatic heterocycles. The molecular formula is C22H22ClN7O2. The van der Waals surface area contributed by atoms with Crippen LogP contribution in [0.2, 0.25) is 5.02 Å². The molecule has 0 aliphatic carbocycles. The van der Waals surface area contributed by atoms with Gasteiger partial charge in [-0.25, -0.2) is 15.4 Å². The Morgan fingerprint density at radius 1 is 1.22 bits per heavy atom. The number of amidine groups is 1. The van der Waals surface area contributed by atoms with E-state index in [0.717, 1.165) is 28.0 Å². The van der Waals surface area contributed by atoms with Crippen LogP contribution in [0.25, 0.3) is 16.6 Å². The molecule has 4 heterocycles. The third-order valence-corrected chi connectivity index (χ3v) is 5.68. The number of fused-ring (bicyclic) bond motifs is 1. The largest absolute Gasteiger partial charge is 0.479 e. The van der Waals surface area contributed by atoms with Gasteiger partial charge in [-0.2, -0.15) is 5.10 Å². The number of hydrogen-bond donors (Lipinski definition) is 1. The number of hydrogen-bond acceptors (Lipinski definition) is 7. The maximum atomic E-state index is 6.25. The molecule has 1 aliphatic heterocycles. The van der Waals surface area contributed by atoms with E-state index in [9.17, 15) is 0 Å². The van der Waals surface area contributed by atoms with E-state index in [4.69, 9.17) is 31.3 Å². The van der Waals surface area contributed by atoms with Crippen molar-refractivity contribution in [2.24, 2.45) is 12.0 Å². The van der Waals surface area contributed by atoms with E-state index in [2.05, 4.69) is 15.4 Å². The van der Waals surface area contributed by atoms with Crippen LogP contribution >= 0.6 is 11.6 Å². The number of nitrogens with one attached hydrogen (secondary N) is 1. The highest BCUT2D eigenvalue weighted by molar-refractivity contribution is 6.31. The van der Waals surface area contributed by atoms with Gasteiger partial charge in [0.15, 0.2) is 5.84 Å². The molecule has 0 saturated heterocycles. The summed E-state index contributed by atoms with van der Waals surface area (Å²) < 4.78 is 9.23. The van der Waals surface area contributed by atoms with Gasteiger partial charge in [0.05, 0.1) is 30.3 Å². The predicted octanol–water partition coefficient (Wildman–Crippen LogP) is 3.54. The van der Waals surface area contributed by atoms with Crippen molar-refractivity contribution >= 4 is 28.3 Å². The first-order chi connectivity index (χ1) is 15.4. The Kier molecular flexibility index (Phi) is 5.07. The van der Waals surface area contributed by atoms with Crippen molar-refractivity contribution in [1.29, 1.82) is 0 Å². The van der Waals surface area contributed by atoms with E-state index in [1.165, 1.54) is 0 Å². The number of imidazole rings is 1. The van der Waals surface area contributed by atoms with Crippen LogP contribution in [0.15, 0.2) is 47.8 Å². The zero-order chi connectivity index (χ0) is 22.4. The molecule has 0 amide bonds. The first kappa shape index (κ1) is 20.5. The van der Waals surface area contributed by atoms with Gasteiger partial charge < -0.3 is 9.30 Å². The Morgan fingerprint density at radius 2 is 2.06 bits per heavy atom. The highest BCUT2D eigenvalue weighted by atomic mass is 35.5. The first-order valence-corrected chi connectivity index (χ1v) is 10.5. The Balaban J connectivity index is 1.56. The average Bonchev–Trinajstić information content (AvgIpc) is 3.36. The van der Waals surface area contributed by atoms with Crippen molar-refractivity contribution in [1.82, 2.24) is 29.8 Å². The van der Waals surface area contributed by atoms with Crippen LogP contribution in [0, 0.1) is 6.92 Å². The van der Waals surface area contributed by atoms with Gasteiger partial charge in [0.2, 0.25) is 5.88 Å². The number of pyridine rings is 1. The highest BCUT2D eigenvalue weighted by Gasteiger charge is 2.30. The van der Waals surface area contributed by atoms with Crippen molar-refractivity contribution in [3.05, 3.63) is 65.0 Å². The van der Waals surface area contributed by atoms with Crippen LogP contribution < -0.4 is 10.2 Å². The second-order valence-electron chi connectivity index (χ2n) is 7.67. The van der Waals surface area contributed by atoms with Crippen molar-refractivity contribution in [2.45, 2.75) is 26.0 Å². The summed E-state index contributed by atoms with van der Waals surface area (Å²) in [5.74, 6) is 0.954. The molecule has 1 N–H and O–H groups in total. The van der Waals surface area contributed by atoms with Crippen LogP contribution in [0.5, 0.6) is 5.88 Å². The van der Waals surface area contributed by atoms with Gasteiger partial charge in [-0.1, -0.05) is 11.6 Å². The number of halogens is 1. The molecule has 0 bridgehead atoms. The maximum Gasteiger partial charge on any atom is 0.238 e. The number of aryl methyl sites for hydroxylation is 2. The second kappa shape index (κ2) is 7.92. The molecule has 9 nitrogen and oxygen atoms in total. The lowest BCUT2D eigenvalue weighted by Crippen LogP contribution is -2.38. The summed E-state index contributed by atoms with van der Waals surface area (Å²) in [4.78, 5) is 19.7. The van der Waals surface area contributed by atoms with Crippen LogP contribution in [0.4, 0.5) is 0 Å². The number of ether oxygens (including phenoxy) is 1. The van der Waals surface area contributed by atoms with Crippen molar-refractivity contribution in [3.8, 4) is 11.6 Å². The first-order valence-electron chi connectivity index (χ1n) is 10.1. The quantitative estimate of drug-likeness (QED) is 0.510. The summed E-state index contributed by atoms with van der Waals surface area (Å²) in [7, 11) is 3.49. The number of nitrogens with zero attached hydrogens (tertiary/aromatic N) is 6. The van der Waals surface area contributed by atoms with Gasteiger partial charge in [0.1, 0.15) is 23.5 Å². The number of rotatable bonds is 4. The fourth-order valence-electron chi connectivity index (χ4n) is 3.83. The molecule has 4 aromatic rings. The molecule has 2 atom stereocenters. The fraction of sp³-hybridized carbons (Fsp3) is 0.273. The van der Waals surface area contributed by atoms with E-state index in [-0.39, 0.29) is 12.1 Å². The Morgan fingerprint density at radius 3 is 2.81 bits per heavy atom. The van der Waals surface area contributed by atoms with Crippen molar-refractivity contribution in [3.63, 3.8) is 0 Å². The van der Waals surface area contributed by atoms with Crippen molar-refractivity contribution in [2.75, 3.05) is 7.11 Å². The second-order valence-corrected chi connectivity index (χ2v) is 8.10. The van der Waals surface area contributed by atoms with Gasteiger partial charge in [-0.15, -0.1) is 0 Å². The minimum Gasteiger partial charge on any atom is -0.479 e. The van der Waals surface area contributed by atoms with E-state index in [1.54, 1.807) is 13.4 Å². The molecule has 0 unspecified atom stereocenters. The minimum absolute atomic E-state index is 0.245. The number of methoxy groups -OCH3 is 1. The topological polar surface area (TPSA) is 91.4 Å². The number of benzene rings is 1. The average molecular weight is 452 g/mol. The molecule has 1 aromatic carbocycles. The number of hydroxylamine groups is 1. The predicted molar refractivity (Wildman–Crippen MR) is 121 cm³/mol. The summed E-state index contributed by atoms with van der Waals surface area (Å²) >= 11 is 6.25. The fourth-order valence-corrected chi connectivity index (χ4v) is 4.01. The maximum absolute atomic E-state index is 6.25. The van der Waals surface area contributed by atoms with Crippen molar-refractivity contribution < 1.29 is 9.57 Å². The lowest BCUT2D eigenvalue weighted by molar-refractivity contribution is -0.00540. The van der Waals surface area contributed by atoms with E-state index < -0.39 is 0 Å². The molecule has 0 spiro atoms. The smallest absolute Gasteiger partial charge is 0.238 e. The van der Waals surface area contributed by atoms with Gasteiger partial charge in [-0.3, -0.25) is 14.5 Å². The Labute approximate surface area is 189 Å². The van der Waals surface area contributed by atoms with Gasteiger partial charge >= 0.3 is 0 Å². The monoisotopic (exact) mass is 451 g/mol. The lowest BCUT2D eigenvalue weighted by atomic mass is 10.0. The SMILES string of the molecule is COc1nc(C2=N[C@H](c3nn(C)c4ccc(Cl)cc34)[C@H](C)ON2)ccc1-n1cnc(C)c1. The van der Waals surface area contributed by atoms with Crippen LogP contribution in [-0.2, 0) is 11.9 Å². The van der Waals surface area contributed by atoms with Crippen LogP contribution in [-0.4, -0.2) is 43.4 Å². The molecular weight excluding hydrogens is 430 g/mol. The minimum atomic E-state index is -0.336. The van der Waals surface area contributed by atoms with Gasteiger partial charge in [0, 0.05) is 23.7 Å². The highest BCUT2D eigenvalue weighted by Crippen LogP contribution is 2.33. The van der Waals surface area contributed by atoms with Gasteiger partial charge in [-0.05, 0) is 44.2 Å². The Bertz CT molecular complexity index is 1340. The molecule has 5 rings (SSSR count). The summed E-state index contributed by atoms with van der Waals surface area (Å²) in [6.45, 7) is 3.88. The summed E-state index contributed by atoms with van der Waals surface area (Å²) in [5.41, 5.74) is 6.98. The Hall–Kier alpha value is -3.43. The standard InChI is InChI=1S/C22H22ClN7O2/c1-12-10-30(11-24-12)18-8-6-16(25-22(18)31-4)21-26-19(13(2)32-28-21)20-15-9-14(23)5-7-17(15)29(3)27-20/h5-11,13,19H,1-4H3,(H,26,28)/t13-,19-/m0/s1. The molecule has 164 valence electrons. The van der Waals surface area contributed by atoms with E-state index in [1.807, 2.05) is 66.7 Å². The molecule has 32 heavy (non-hydrogen) atoms. The zero-order valence-electron chi connectivity index (χ0n) is 18.1. The number of aliphatic imine (C=N–C) groups is 1. The summed E-state index contributed by atoms with van der Waals surface area (Å²) in [6.07, 6.45) is 3.39. The zero-order valence-corrected chi connectivity index (χ0v) is 18.8. The van der Waals surface area contributed by atoms with E-state index >= 15 is 0 Å². The molecule has 0 saturated carbocycles. The normalized spacial score (nSPS) is 18.5. The third kappa shape index (κ3) is 3.49. The molecule has 0 radical (unpaired) electrons. The third-order valence-electron chi connectivity index (χ3n) is 5.44. The van der Waals surface area contributed by atoms with Gasteiger partial charge in [0.25, 0.3) is 0 Å². The molecule has 0 fully saturated rings.